The molecule has 0 spiro atoms. The highest BCUT2D eigenvalue weighted by Gasteiger charge is 2.19. The van der Waals surface area contributed by atoms with Crippen molar-refractivity contribution in [1.82, 2.24) is 20.5 Å². The van der Waals surface area contributed by atoms with Crippen LogP contribution >= 0.6 is 11.3 Å². The van der Waals surface area contributed by atoms with E-state index in [2.05, 4.69) is 26.4 Å². The molecule has 0 saturated carbocycles. The highest BCUT2D eigenvalue weighted by molar-refractivity contribution is 7.99. The number of carbonyl (C=O) groups excluding carboxylic acids is 1. The number of hydrogen-bond donors (Lipinski definition) is 2. The second-order valence-electron chi connectivity index (χ2n) is 6.11. The normalized spacial score (nSPS) is 13.5. The van der Waals surface area contributed by atoms with Crippen LogP contribution in [0.5, 0.6) is 0 Å². The SMILES string of the molecule is C=S(C)(=O)c1ccc(CNC(=O)c2sc3nnc(C)c(C)c3c2N)nc1. The number of aryl methyl sites for hydroxylation is 2. The molecule has 0 fully saturated rings. The number of fused-ring (bicyclic) bond motifs is 1. The van der Waals surface area contributed by atoms with Gasteiger partial charge >= 0.3 is 0 Å². The first-order chi connectivity index (χ1) is 12.2. The predicted octanol–water partition coefficient (Wildman–Crippen LogP) is 1.92. The van der Waals surface area contributed by atoms with E-state index in [1.807, 2.05) is 13.8 Å². The Balaban J connectivity index is 1.80. The van der Waals surface area contributed by atoms with Crippen molar-refractivity contribution in [3.05, 3.63) is 40.2 Å². The van der Waals surface area contributed by atoms with Gasteiger partial charge in [-0.15, -0.1) is 16.4 Å². The first-order valence-corrected chi connectivity index (χ1v) is 10.7. The average Bonchev–Trinajstić information content (AvgIpc) is 2.93. The molecule has 0 radical (unpaired) electrons. The van der Waals surface area contributed by atoms with Crippen LogP contribution in [0.15, 0.2) is 23.2 Å². The van der Waals surface area contributed by atoms with E-state index < -0.39 is 9.52 Å². The molecular formula is C17H19N5O2S2. The second kappa shape index (κ2) is 6.65. The fourth-order valence-electron chi connectivity index (χ4n) is 2.43. The summed E-state index contributed by atoms with van der Waals surface area (Å²) in [5.41, 5.74) is 8.96. The number of hydrogen-bond acceptors (Lipinski definition) is 7. The van der Waals surface area contributed by atoms with Gasteiger partial charge in [0.2, 0.25) is 0 Å². The maximum absolute atomic E-state index is 12.5. The summed E-state index contributed by atoms with van der Waals surface area (Å²) in [4.78, 5) is 18.4. The van der Waals surface area contributed by atoms with Gasteiger partial charge in [-0.05, 0) is 46.9 Å². The maximum atomic E-state index is 12.5. The van der Waals surface area contributed by atoms with Gasteiger partial charge in [0.25, 0.3) is 5.91 Å². The number of thiophene rings is 1. The molecule has 3 rings (SSSR count). The molecule has 1 amide bonds. The number of aromatic nitrogens is 3. The minimum atomic E-state index is -2.30. The van der Waals surface area contributed by atoms with Crippen molar-refractivity contribution in [3.8, 4) is 0 Å². The van der Waals surface area contributed by atoms with Gasteiger partial charge in [0, 0.05) is 22.7 Å². The lowest BCUT2D eigenvalue weighted by molar-refractivity contribution is 0.0955. The molecule has 7 nitrogen and oxygen atoms in total. The van der Waals surface area contributed by atoms with E-state index in [1.165, 1.54) is 17.5 Å². The van der Waals surface area contributed by atoms with E-state index in [-0.39, 0.29) is 12.5 Å². The van der Waals surface area contributed by atoms with Crippen molar-refractivity contribution < 1.29 is 9.00 Å². The van der Waals surface area contributed by atoms with E-state index >= 15 is 0 Å². The molecule has 26 heavy (non-hydrogen) atoms. The minimum absolute atomic E-state index is 0.235. The Morgan fingerprint density at radius 1 is 1.35 bits per heavy atom. The molecule has 0 aliphatic rings. The molecule has 0 saturated heterocycles. The fraction of sp³-hybridized carbons (Fsp3) is 0.235. The molecule has 3 heterocycles. The van der Waals surface area contributed by atoms with Crippen LogP contribution in [0.1, 0.15) is 26.6 Å². The highest BCUT2D eigenvalue weighted by Crippen LogP contribution is 2.34. The molecular weight excluding hydrogens is 370 g/mol. The van der Waals surface area contributed by atoms with Crippen LogP contribution in [0.4, 0.5) is 5.69 Å². The number of nitrogens with two attached hydrogens (primary N) is 1. The van der Waals surface area contributed by atoms with Crippen molar-refractivity contribution in [2.75, 3.05) is 12.0 Å². The summed E-state index contributed by atoms with van der Waals surface area (Å²) in [6, 6.07) is 3.43. The number of amides is 1. The third-order valence-corrected chi connectivity index (χ3v) is 6.39. The van der Waals surface area contributed by atoms with Crippen LogP contribution in [0.25, 0.3) is 10.2 Å². The first-order valence-electron chi connectivity index (χ1n) is 7.75. The van der Waals surface area contributed by atoms with Crippen molar-refractivity contribution in [2.45, 2.75) is 25.3 Å². The topological polar surface area (TPSA) is 111 Å². The molecule has 9 heteroatoms. The molecule has 3 N–H and O–H groups in total. The predicted molar refractivity (Wildman–Crippen MR) is 106 cm³/mol. The minimum Gasteiger partial charge on any atom is -0.397 e. The summed E-state index contributed by atoms with van der Waals surface area (Å²) in [6.45, 7) is 4.00. The van der Waals surface area contributed by atoms with Gasteiger partial charge in [0.05, 0.1) is 23.6 Å². The van der Waals surface area contributed by atoms with Crippen LogP contribution < -0.4 is 11.1 Å². The number of nitrogen functional groups attached to an aromatic ring is 1. The monoisotopic (exact) mass is 389 g/mol. The Kier molecular flexibility index (Phi) is 4.68. The smallest absolute Gasteiger partial charge is 0.263 e. The van der Waals surface area contributed by atoms with Gasteiger partial charge in [-0.25, -0.2) is 0 Å². The van der Waals surface area contributed by atoms with Gasteiger partial charge in [-0.3, -0.25) is 14.0 Å². The van der Waals surface area contributed by atoms with Crippen molar-refractivity contribution in [2.24, 2.45) is 0 Å². The van der Waals surface area contributed by atoms with E-state index in [0.29, 0.717) is 26.0 Å². The number of nitrogens with zero attached hydrogens (tertiary/aromatic N) is 3. The Bertz CT molecular complexity index is 1100. The zero-order chi connectivity index (χ0) is 19.1. The molecule has 0 aromatic carbocycles. The average molecular weight is 390 g/mol. The zero-order valence-corrected chi connectivity index (χ0v) is 16.3. The van der Waals surface area contributed by atoms with Crippen LogP contribution in [-0.2, 0) is 16.1 Å². The van der Waals surface area contributed by atoms with Crippen LogP contribution in [0.3, 0.4) is 0 Å². The Morgan fingerprint density at radius 3 is 2.69 bits per heavy atom. The number of pyridine rings is 1. The summed E-state index contributed by atoms with van der Waals surface area (Å²) in [6.07, 6.45) is 3.08. The largest absolute Gasteiger partial charge is 0.397 e. The van der Waals surface area contributed by atoms with Gasteiger partial charge in [0.15, 0.2) is 0 Å². The molecule has 0 bridgehead atoms. The van der Waals surface area contributed by atoms with E-state index in [9.17, 15) is 9.00 Å². The molecule has 1 atom stereocenters. The van der Waals surface area contributed by atoms with E-state index in [0.717, 1.165) is 16.6 Å². The number of nitrogens with one attached hydrogen (secondary N) is 1. The standard InChI is InChI=1S/C17H19N5O2S2/c1-9-10(2)21-22-17-13(9)14(18)15(25-17)16(23)20-7-11-5-6-12(8-19-11)26(3,4)24/h5-6,8H,3,7,18H2,1-2,4H3,(H,20,23). The maximum Gasteiger partial charge on any atom is 0.263 e. The van der Waals surface area contributed by atoms with E-state index in [1.54, 1.807) is 18.4 Å². The highest BCUT2D eigenvalue weighted by atomic mass is 32.2. The summed E-state index contributed by atoms with van der Waals surface area (Å²) >= 11 is 1.22. The fourth-order valence-corrected chi connectivity index (χ4v) is 4.08. The van der Waals surface area contributed by atoms with Gasteiger partial charge in [0.1, 0.15) is 9.71 Å². The van der Waals surface area contributed by atoms with Gasteiger partial charge in [-0.2, -0.15) is 5.10 Å². The lowest BCUT2D eigenvalue weighted by atomic mass is 10.1. The van der Waals surface area contributed by atoms with Crippen LogP contribution in [-0.4, -0.2) is 37.4 Å². The van der Waals surface area contributed by atoms with Crippen molar-refractivity contribution >= 4 is 48.5 Å². The Labute approximate surface area is 155 Å². The number of carbonyl (C=O) groups is 1. The summed E-state index contributed by atoms with van der Waals surface area (Å²) < 4.78 is 11.9. The van der Waals surface area contributed by atoms with Crippen molar-refractivity contribution in [1.29, 1.82) is 0 Å². The molecule has 0 aliphatic carbocycles. The van der Waals surface area contributed by atoms with Crippen molar-refractivity contribution in [3.63, 3.8) is 0 Å². The van der Waals surface area contributed by atoms with Crippen LogP contribution in [0.2, 0.25) is 0 Å². The Morgan fingerprint density at radius 2 is 2.08 bits per heavy atom. The lowest BCUT2D eigenvalue weighted by Crippen LogP contribution is -2.23. The first kappa shape index (κ1) is 18.3. The molecule has 0 aliphatic heterocycles. The molecule has 136 valence electrons. The third kappa shape index (κ3) is 3.40. The lowest BCUT2D eigenvalue weighted by Gasteiger charge is -2.06. The third-order valence-electron chi connectivity index (χ3n) is 4.07. The Hall–Kier alpha value is -2.52. The number of rotatable bonds is 4. The molecule has 1 unspecified atom stereocenters. The quantitative estimate of drug-likeness (QED) is 0.660. The second-order valence-corrected chi connectivity index (χ2v) is 9.59. The molecule has 3 aromatic heterocycles. The van der Waals surface area contributed by atoms with E-state index in [4.69, 9.17) is 5.73 Å². The van der Waals surface area contributed by atoms with Gasteiger partial charge in [-0.1, -0.05) is 0 Å². The van der Waals surface area contributed by atoms with Gasteiger partial charge < -0.3 is 11.1 Å². The summed E-state index contributed by atoms with van der Waals surface area (Å²) in [7, 11) is -2.30. The summed E-state index contributed by atoms with van der Waals surface area (Å²) in [5.74, 6) is 3.34. The number of anilines is 1. The van der Waals surface area contributed by atoms with Crippen LogP contribution in [0, 0.1) is 13.8 Å². The zero-order valence-electron chi connectivity index (χ0n) is 14.7. The molecule has 3 aromatic rings. The summed E-state index contributed by atoms with van der Waals surface area (Å²) in [5, 5.41) is 11.8.